The van der Waals surface area contributed by atoms with Crippen LogP contribution in [0.5, 0.6) is 0 Å². The quantitative estimate of drug-likeness (QED) is 0.858. The highest BCUT2D eigenvalue weighted by Gasteiger charge is 2.25. The maximum atomic E-state index is 3.76. The van der Waals surface area contributed by atoms with Crippen molar-refractivity contribution in [3.63, 3.8) is 0 Å². The zero-order valence-electron chi connectivity index (χ0n) is 14.0. The molecule has 2 nitrogen and oxygen atoms in total. The fraction of sp³-hybridized carbons (Fsp3) is 0.684. The maximum absolute atomic E-state index is 3.76. The first-order chi connectivity index (χ1) is 10.2. The van der Waals surface area contributed by atoms with Gasteiger partial charge in [-0.15, -0.1) is 0 Å². The first kappa shape index (κ1) is 16.5. The van der Waals surface area contributed by atoms with Crippen LogP contribution in [0.15, 0.2) is 30.3 Å². The highest BCUT2D eigenvalue weighted by Crippen LogP contribution is 2.16. The van der Waals surface area contributed by atoms with E-state index in [4.69, 9.17) is 0 Å². The molecule has 0 amide bonds. The minimum atomic E-state index is 0.664. The first-order valence-electron chi connectivity index (χ1n) is 8.72. The van der Waals surface area contributed by atoms with Crippen LogP contribution in [-0.4, -0.2) is 36.6 Å². The summed E-state index contributed by atoms with van der Waals surface area (Å²) >= 11 is 0. The van der Waals surface area contributed by atoms with Gasteiger partial charge in [-0.2, -0.15) is 0 Å². The lowest BCUT2D eigenvalue weighted by Gasteiger charge is -2.31. The summed E-state index contributed by atoms with van der Waals surface area (Å²) in [6.45, 7) is 10.7. The second-order valence-electron chi connectivity index (χ2n) is 6.67. The molecule has 1 fully saturated rings. The average molecular weight is 288 g/mol. The summed E-state index contributed by atoms with van der Waals surface area (Å²) in [5.41, 5.74) is 1.47. The smallest absolute Gasteiger partial charge is 0.0220 e. The lowest BCUT2D eigenvalue weighted by Crippen LogP contribution is -2.43. The molecule has 21 heavy (non-hydrogen) atoms. The highest BCUT2D eigenvalue weighted by molar-refractivity contribution is 5.14. The summed E-state index contributed by atoms with van der Waals surface area (Å²) in [6.07, 6.45) is 5.01. The number of aryl methyl sites for hydroxylation is 1. The molecule has 0 saturated carbocycles. The Morgan fingerprint density at radius 3 is 2.76 bits per heavy atom. The van der Waals surface area contributed by atoms with E-state index in [0.717, 1.165) is 5.92 Å². The van der Waals surface area contributed by atoms with Crippen molar-refractivity contribution in [2.75, 3.05) is 19.6 Å². The molecular weight excluding hydrogens is 256 g/mol. The predicted molar refractivity (Wildman–Crippen MR) is 91.7 cm³/mol. The summed E-state index contributed by atoms with van der Waals surface area (Å²) in [7, 11) is 0. The van der Waals surface area contributed by atoms with Crippen LogP contribution >= 0.6 is 0 Å². The van der Waals surface area contributed by atoms with Crippen LogP contribution in [0.3, 0.4) is 0 Å². The van der Waals surface area contributed by atoms with E-state index >= 15 is 0 Å². The van der Waals surface area contributed by atoms with Gasteiger partial charge < -0.3 is 5.32 Å². The number of benzene rings is 1. The minimum Gasteiger partial charge on any atom is -0.312 e. The Labute approximate surface area is 130 Å². The molecular formula is C19H32N2. The Morgan fingerprint density at radius 1 is 1.29 bits per heavy atom. The fourth-order valence-electron chi connectivity index (χ4n) is 3.27. The van der Waals surface area contributed by atoms with E-state index in [9.17, 15) is 0 Å². The number of rotatable bonds is 6. The van der Waals surface area contributed by atoms with Crippen molar-refractivity contribution in [1.82, 2.24) is 10.2 Å². The molecule has 0 aromatic heterocycles. The molecule has 1 N–H and O–H groups in total. The van der Waals surface area contributed by atoms with Crippen LogP contribution in [-0.2, 0) is 6.42 Å². The molecule has 0 aliphatic carbocycles. The van der Waals surface area contributed by atoms with Crippen molar-refractivity contribution in [3.05, 3.63) is 35.9 Å². The van der Waals surface area contributed by atoms with Crippen molar-refractivity contribution in [2.45, 2.75) is 58.5 Å². The zero-order chi connectivity index (χ0) is 15.1. The molecule has 1 aliphatic rings. The van der Waals surface area contributed by atoms with Crippen LogP contribution in [0.1, 0.15) is 45.6 Å². The van der Waals surface area contributed by atoms with Crippen LogP contribution in [0.2, 0.25) is 0 Å². The van der Waals surface area contributed by atoms with Gasteiger partial charge in [0.15, 0.2) is 0 Å². The van der Waals surface area contributed by atoms with E-state index in [1.807, 2.05) is 0 Å². The van der Waals surface area contributed by atoms with Crippen molar-refractivity contribution < 1.29 is 0 Å². The molecule has 1 aromatic rings. The maximum Gasteiger partial charge on any atom is 0.0220 e. The molecule has 2 rings (SSSR count). The van der Waals surface area contributed by atoms with Crippen LogP contribution in [0, 0.1) is 5.92 Å². The van der Waals surface area contributed by atoms with Crippen molar-refractivity contribution >= 4 is 0 Å². The van der Waals surface area contributed by atoms with Crippen molar-refractivity contribution in [3.8, 4) is 0 Å². The highest BCUT2D eigenvalue weighted by atomic mass is 15.2. The fourth-order valence-corrected chi connectivity index (χ4v) is 3.27. The van der Waals surface area contributed by atoms with Gasteiger partial charge in [0.2, 0.25) is 0 Å². The van der Waals surface area contributed by atoms with Gasteiger partial charge in [-0.3, -0.25) is 4.90 Å². The van der Waals surface area contributed by atoms with E-state index in [1.165, 1.54) is 50.9 Å². The lowest BCUT2D eigenvalue weighted by molar-refractivity contribution is 0.186. The molecule has 1 aromatic carbocycles. The lowest BCUT2D eigenvalue weighted by atomic mass is 9.98. The molecule has 3 atom stereocenters. The van der Waals surface area contributed by atoms with Gasteiger partial charge in [0.05, 0.1) is 0 Å². The second-order valence-corrected chi connectivity index (χ2v) is 6.67. The second kappa shape index (κ2) is 8.55. The van der Waals surface area contributed by atoms with Gasteiger partial charge in [-0.05, 0) is 50.8 Å². The van der Waals surface area contributed by atoms with Crippen molar-refractivity contribution in [1.29, 1.82) is 0 Å². The van der Waals surface area contributed by atoms with Gasteiger partial charge in [0, 0.05) is 18.6 Å². The van der Waals surface area contributed by atoms with E-state index in [1.54, 1.807) is 0 Å². The molecule has 2 heteroatoms. The Balaban J connectivity index is 1.84. The Morgan fingerprint density at radius 2 is 2.05 bits per heavy atom. The van der Waals surface area contributed by atoms with Gasteiger partial charge in [0.25, 0.3) is 0 Å². The largest absolute Gasteiger partial charge is 0.312 e. The minimum absolute atomic E-state index is 0.664. The van der Waals surface area contributed by atoms with Crippen molar-refractivity contribution in [2.24, 2.45) is 5.92 Å². The summed E-state index contributed by atoms with van der Waals surface area (Å²) in [4.78, 5) is 2.71. The Hall–Kier alpha value is -0.860. The summed E-state index contributed by atoms with van der Waals surface area (Å²) in [6, 6.07) is 12.3. The Bertz CT molecular complexity index is 390. The standard InChI is InChI=1S/C19H32N2/c1-4-16(2)19-15-21(17(3)12-13-20-19)14-8-11-18-9-6-5-7-10-18/h5-7,9-10,16-17,19-20H,4,8,11-15H2,1-3H3. The molecule has 0 radical (unpaired) electrons. The molecule has 118 valence electrons. The monoisotopic (exact) mass is 288 g/mol. The number of nitrogens with one attached hydrogen (secondary N) is 1. The van der Waals surface area contributed by atoms with Crippen LogP contribution < -0.4 is 5.32 Å². The number of nitrogens with zero attached hydrogens (tertiary/aromatic N) is 1. The predicted octanol–water partition coefficient (Wildman–Crippen LogP) is 3.72. The molecule has 0 bridgehead atoms. The molecule has 1 heterocycles. The van der Waals surface area contributed by atoms with Crippen LogP contribution in [0.25, 0.3) is 0 Å². The normalized spacial score (nSPS) is 25.5. The first-order valence-corrected chi connectivity index (χ1v) is 8.72. The molecule has 0 spiro atoms. The van der Waals surface area contributed by atoms with Gasteiger partial charge in [-0.25, -0.2) is 0 Å². The molecule has 1 saturated heterocycles. The average Bonchev–Trinajstić information content (AvgIpc) is 2.70. The van der Waals surface area contributed by atoms with Gasteiger partial charge in [-0.1, -0.05) is 50.6 Å². The van der Waals surface area contributed by atoms with E-state index < -0.39 is 0 Å². The third kappa shape index (κ3) is 5.12. The summed E-state index contributed by atoms with van der Waals surface area (Å²) in [5, 5.41) is 3.76. The van der Waals surface area contributed by atoms with E-state index in [2.05, 4.69) is 61.3 Å². The topological polar surface area (TPSA) is 15.3 Å². The summed E-state index contributed by atoms with van der Waals surface area (Å²) < 4.78 is 0. The molecule has 3 unspecified atom stereocenters. The van der Waals surface area contributed by atoms with Gasteiger partial charge >= 0.3 is 0 Å². The van der Waals surface area contributed by atoms with Crippen LogP contribution in [0.4, 0.5) is 0 Å². The number of hydrogen-bond acceptors (Lipinski definition) is 2. The number of hydrogen-bond donors (Lipinski definition) is 1. The SMILES string of the molecule is CCC(C)C1CN(CCCc2ccccc2)C(C)CCN1. The zero-order valence-corrected chi connectivity index (χ0v) is 14.0. The van der Waals surface area contributed by atoms with Gasteiger partial charge in [0.1, 0.15) is 0 Å². The third-order valence-corrected chi connectivity index (χ3v) is 5.11. The third-order valence-electron chi connectivity index (χ3n) is 5.11. The van der Waals surface area contributed by atoms with E-state index in [-0.39, 0.29) is 0 Å². The molecule has 1 aliphatic heterocycles. The Kier molecular flexibility index (Phi) is 6.72. The van der Waals surface area contributed by atoms with E-state index in [0.29, 0.717) is 12.1 Å². The summed E-state index contributed by atoms with van der Waals surface area (Å²) in [5.74, 6) is 0.770.